The minimum absolute atomic E-state index is 0.108. The maximum atomic E-state index is 12.4. The zero-order valence-corrected chi connectivity index (χ0v) is 17.3. The van der Waals surface area contributed by atoms with Gasteiger partial charge in [0.2, 0.25) is 5.91 Å². The molecule has 3 aromatic rings. The van der Waals surface area contributed by atoms with Gasteiger partial charge >= 0.3 is 0 Å². The van der Waals surface area contributed by atoms with Crippen molar-refractivity contribution in [3.8, 4) is 11.8 Å². The standard InChI is InChI=1S/C20H20N4O2S2/c1-13-14(2)28-20-18(13)19(22-12-23-20)27-11-17(25)24-15-6-5-7-16(10-15)26-9-4-3-8-21/h5-7,10,12H,3-4,9,11H2,1-2H3,(H,24,25). The normalized spacial score (nSPS) is 10.6. The first-order valence-corrected chi connectivity index (χ1v) is 10.6. The SMILES string of the molecule is Cc1sc2ncnc(SCC(=O)Nc3cccc(OCCCC#N)c3)c2c1C. The number of benzene rings is 1. The van der Waals surface area contributed by atoms with Gasteiger partial charge in [0.15, 0.2) is 0 Å². The molecule has 0 fully saturated rings. The third-order valence-electron chi connectivity index (χ3n) is 4.09. The third-order valence-corrected chi connectivity index (χ3v) is 6.19. The number of nitriles is 1. The van der Waals surface area contributed by atoms with Crippen LogP contribution < -0.4 is 10.1 Å². The number of amides is 1. The molecule has 0 bridgehead atoms. The van der Waals surface area contributed by atoms with Crippen molar-refractivity contribution in [2.75, 3.05) is 17.7 Å². The fourth-order valence-electron chi connectivity index (χ4n) is 2.60. The van der Waals surface area contributed by atoms with Gasteiger partial charge in [-0.3, -0.25) is 4.79 Å². The number of carbonyl (C=O) groups is 1. The van der Waals surface area contributed by atoms with Crippen LogP contribution in [0.4, 0.5) is 5.69 Å². The molecular formula is C20H20N4O2S2. The van der Waals surface area contributed by atoms with Gasteiger partial charge < -0.3 is 10.1 Å². The van der Waals surface area contributed by atoms with Crippen LogP contribution in [-0.4, -0.2) is 28.2 Å². The minimum atomic E-state index is -0.108. The van der Waals surface area contributed by atoms with Crippen LogP contribution in [0.2, 0.25) is 0 Å². The van der Waals surface area contributed by atoms with Crippen molar-refractivity contribution in [3.05, 3.63) is 41.0 Å². The molecule has 3 rings (SSSR count). The molecule has 2 heterocycles. The number of anilines is 1. The second-order valence-electron chi connectivity index (χ2n) is 6.12. The molecule has 0 aliphatic rings. The zero-order chi connectivity index (χ0) is 19.9. The topological polar surface area (TPSA) is 87.9 Å². The summed E-state index contributed by atoms with van der Waals surface area (Å²) in [6.07, 6.45) is 2.69. The van der Waals surface area contributed by atoms with Crippen molar-refractivity contribution in [2.24, 2.45) is 0 Å². The van der Waals surface area contributed by atoms with Gasteiger partial charge in [0.05, 0.1) is 18.4 Å². The molecule has 0 atom stereocenters. The summed E-state index contributed by atoms with van der Waals surface area (Å²) in [4.78, 5) is 23.2. The minimum Gasteiger partial charge on any atom is -0.493 e. The molecule has 8 heteroatoms. The average Bonchev–Trinajstić information content (AvgIpc) is 2.98. The number of carbonyl (C=O) groups excluding carboxylic acids is 1. The number of thioether (sulfide) groups is 1. The van der Waals surface area contributed by atoms with Gasteiger partial charge in [0, 0.05) is 28.4 Å². The van der Waals surface area contributed by atoms with Crippen molar-refractivity contribution in [3.63, 3.8) is 0 Å². The number of ether oxygens (including phenoxy) is 1. The van der Waals surface area contributed by atoms with Crippen LogP contribution in [0, 0.1) is 25.2 Å². The summed E-state index contributed by atoms with van der Waals surface area (Å²) >= 11 is 3.05. The van der Waals surface area contributed by atoms with E-state index in [2.05, 4.69) is 35.2 Å². The molecule has 0 saturated carbocycles. The number of aromatic nitrogens is 2. The van der Waals surface area contributed by atoms with E-state index in [9.17, 15) is 4.79 Å². The lowest BCUT2D eigenvalue weighted by Gasteiger charge is -2.09. The van der Waals surface area contributed by atoms with Crippen molar-refractivity contribution >= 4 is 44.9 Å². The highest BCUT2D eigenvalue weighted by Crippen LogP contribution is 2.34. The molecule has 1 amide bonds. The number of nitrogens with one attached hydrogen (secondary N) is 1. The van der Waals surface area contributed by atoms with Gasteiger partial charge in [0.25, 0.3) is 0 Å². The van der Waals surface area contributed by atoms with Crippen molar-refractivity contribution < 1.29 is 9.53 Å². The van der Waals surface area contributed by atoms with Crippen molar-refractivity contribution in [1.29, 1.82) is 5.26 Å². The van der Waals surface area contributed by atoms with E-state index in [0.29, 0.717) is 30.9 Å². The molecule has 1 N–H and O–H groups in total. The van der Waals surface area contributed by atoms with E-state index in [4.69, 9.17) is 10.00 Å². The molecule has 6 nitrogen and oxygen atoms in total. The summed E-state index contributed by atoms with van der Waals surface area (Å²) in [6.45, 7) is 4.60. The van der Waals surface area contributed by atoms with Crippen LogP contribution in [0.25, 0.3) is 10.2 Å². The Bertz CT molecular complexity index is 1030. The Labute approximate surface area is 172 Å². The fourth-order valence-corrected chi connectivity index (χ4v) is 4.51. The lowest BCUT2D eigenvalue weighted by molar-refractivity contribution is -0.113. The van der Waals surface area contributed by atoms with E-state index in [1.165, 1.54) is 22.2 Å². The second kappa shape index (κ2) is 9.53. The second-order valence-corrected chi connectivity index (χ2v) is 8.28. The molecule has 0 aliphatic heterocycles. The Kier molecular flexibility index (Phi) is 6.85. The van der Waals surface area contributed by atoms with Gasteiger partial charge in [-0.1, -0.05) is 17.8 Å². The summed E-state index contributed by atoms with van der Waals surface area (Å²) in [5.41, 5.74) is 1.85. The largest absolute Gasteiger partial charge is 0.493 e. The number of unbranched alkanes of at least 4 members (excludes halogenated alkanes) is 1. The number of rotatable bonds is 8. The van der Waals surface area contributed by atoms with E-state index in [-0.39, 0.29) is 11.7 Å². The Morgan fingerprint density at radius 3 is 3.04 bits per heavy atom. The smallest absolute Gasteiger partial charge is 0.234 e. The summed E-state index contributed by atoms with van der Waals surface area (Å²) in [6, 6.07) is 9.35. The summed E-state index contributed by atoms with van der Waals surface area (Å²) < 4.78 is 5.60. The molecule has 0 saturated heterocycles. The highest BCUT2D eigenvalue weighted by Gasteiger charge is 2.14. The number of thiophene rings is 1. The molecular weight excluding hydrogens is 392 g/mol. The lowest BCUT2D eigenvalue weighted by atomic mass is 10.2. The quantitative estimate of drug-likeness (QED) is 0.327. The van der Waals surface area contributed by atoms with E-state index >= 15 is 0 Å². The summed E-state index contributed by atoms with van der Waals surface area (Å²) in [5, 5.41) is 13.3. The molecule has 0 aliphatic carbocycles. The fraction of sp³-hybridized carbons (Fsp3) is 0.300. The first-order valence-electron chi connectivity index (χ1n) is 8.81. The summed E-state index contributed by atoms with van der Waals surface area (Å²) in [7, 11) is 0. The summed E-state index contributed by atoms with van der Waals surface area (Å²) in [5.74, 6) is 0.821. The van der Waals surface area contributed by atoms with Crippen molar-refractivity contribution in [2.45, 2.75) is 31.7 Å². The number of aryl methyl sites for hydroxylation is 2. The monoisotopic (exact) mass is 412 g/mol. The molecule has 0 unspecified atom stereocenters. The highest BCUT2D eigenvalue weighted by atomic mass is 32.2. The third kappa shape index (κ3) is 5.00. The van der Waals surface area contributed by atoms with Crippen molar-refractivity contribution in [1.82, 2.24) is 9.97 Å². The number of fused-ring (bicyclic) bond motifs is 1. The predicted octanol–water partition coefficient (Wildman–Crippen LogP) is 4.72. The van der Waals surface area contributed by atoms with Crippen LogP contribution in [0.5, 0.6) is 5.75 Å². The van der Waals surface area contributed by atoms with E-state index in [1.54, 1.807) is 23.7 Å². The molecule has 1 aromatic carbocycles. The van der Waals surface area contributed by atoms with E-state index < -0.39 is 0 Å². The molecule has 0 radical (unpaired) electrons. The van der Waals surface area contributed by atoms with Crippen LogP contribution in [0.15, 0.2) is 35.6 Å². The number of nitrogens with zero attached hydrogens (tertiary/aromatic N) is 3. The molecule has 2 aromatic heterocycles. The lowest BCUT2D eigenvalue weighted by Crippen LogP contribution is -2.14. The van der Waals surface area contributed by atoms with Crippen LogP contribution in [-0.2, 0) is 4.79 Å². The van der Waals surface area contributed by atoms with Gasteiger partial charge in [0.1, 0.15) is 21.9 Å². The average molecular weight is 413 g/mol. The highest BCUT2D eigenvalue weighted by molar-refractivity contribution is 8.00. The Balaban J connectivity index is 1.59. The number of hydrogen-bond acceptors (Lipinski definition) is 7. The first kappa shape index (κ1) is 20.1. The van der Waals surface area contributed by atoms with Gasteiger partial charge in [-0.25, -0.2) is 9.97 Å². The Morgan fingerprint density at radius 2 is 2.21 bits per heavy atom. The molecule has 144 valence electrons. The van der Waals surface area contributed by atoms with Gasteiger partial charge in [-0.15, -0.1) is 11.3 Å². The Hall–Kier alpha value is -2.63. The zero-order valence-electron chi connectivity index (χ0n) is 15.7. The molecule has 28 heavy (non-hydrogen) atoms. The van der Waals surface area contributed by atoms with E-state index in [0.717, 1.165) is 15.2 Å². The Morgan fingerprint density at radius 1 is 1.36 bits per heavy atom. The maximum absolute atomic E-state index is 12.4. The van der Waals surface area contributed by atoms with Crippen LogP contribution >= 0.6 is 23.1 Å². The van der Waals surface area contributed by atoms with Crippen LogP contribution in [0.3, 0.4) is 0 Å². The maximum Gasteiger partial charge on any atom is 0.234 e. The first-order chi connectivity index (χ1) is 13.6. The van der Waals surface area contributed by atoms with Gasteiger partial charge in [-0.2, -0.15) is 5.26 Å². The predicted molar refractivity (Wildman–Crippen MR) is 113 cm³/mol. The van der Waals surface area contributed by atoms with E-state index in [1.807, 2.05) is 18.2 Å². The number of hydrogen-bond donors (Lipinski definition) is 1. The van der Waals surface area contributed by atoms with Crippen LogP contribution in [0.1, 0.15) is 23.3 Å². The molecule has 0 spiro atoms. The van der Waals surface area contributed by atoms with Gasteiger partial charge in [-0.05, 0) is 38.0 Å².